The minimum Gasteiger partial charge on any atom is -0.450 e. The van der Waals surface area contributed by atoms with Gasteiger partial charge in [0.2, 0.25) is 0 Å². The third kappa shape index (κ3) is 3.41. The molecule has 0 bridgehead atoms. The Kier molecular flexibility index (Phi) is 4.95. The first-order valence-corrected chi connectivity index (χ1v) is 7.10. The zero-order valence-electron chi connectivity index (χ0n) is 12.0. The molecule has 1 aliphatic heterocycles. The summed E-state index contributed by atoms with van der Waals surface area (Å²) in [5.41, 5.74) is 0.284. The number of piperazine rings is 1. The van der Waals surface area contributed by atoms with E-state index in [4.69, 9.17) is 16.3 Å². The molecule has 0 aliphatic carbocycles. The molecule has 7 nitrogen and oxygen atoms in total. The first-order valence-electron chi connectivity index (χ1n) is 6.72. The second-order valence-electron chi connectivity index (χ2n) is 4.59. The van der Waals surface area contributed by atoms with Crippen LogP contribution in [-0.4, -0.2) is 60.0 Å². The minimum atomic E-state index is -0.315. The number of aryl methyl sites for hydroxylation is 1. The van der Waals surface area contributed by atoms with Crippen LogP contribution >= 0.6 is 11.6 Å². The fourth-order valence-electron chi connectivity index (χ4n) is 2.19. The molecule has 0 unspecified atom stereocenters. The van der Waals surface area contributed by atoms with Crippen molar-refractivity contribution in [1.29, 1.82) is 0 Å². The number of carbonyl (C=O) groups excluding carboxylic acids is 2. The fraction of sp³-hybridized carbons (Fsp3) is 0.538. The van der Waals surface area contributed by atoms with E-state index in [0.29, 0.717) is 50.7 Å². The highest BCUT2D eigenvalue weighted by atomic mass is 35.5. The van der Waals surface area contributed by atoms with E-state index in [1.807, 2.05) is 4.90 Å². The predicted molar refractivity (Wildman–Crippen MR) is 78.0 cm³/mol. The molecule has 2 heterocycles. The van der Waals surface area contributed by atoms with Gasteiger partial charge in [-0.25, -0.2) is 14.8 Å². The SMILES string of the molecule is CCOC(=O)N1CCN(c2nc(C)nc(Cl)c2C=O)CC1. The van der Waals surface area contributed by atoms with Crippen molar-refractivity contribution in [3.05, 3.63) is 16.5 Å². The van der Waals surface area contributed by atoms with Crippen LogP contribution in [0, 0.1) is 6.92 Å². The van der Waals surface area contributed by atoms with E-state index >= 15 is 0 Å². The highest BCUT2D eigenvalue weighted by Crippen LogP contribution is 2.23. The Labute approximate surface area is 127 Å². The summed E-state index contributed by atoms with van der Waals surface area (Å²) in [6.45, 7) is 6.00. The normalized spacial score (nSPS) is 15.0. The Bertz CT molecular complexity index is 544. The lowest BCUT2D eigenvalue weighted by atomic mass is 10.2. The Morgan fingerprint density at radius 1 is 1.33 bits per heavy atom. The van der Waals surface area contributed by atoms with Crippen molar-refractivity contribution in [2.75, 3.05) is 37.7 Å². The van der Waals surface area contributed by atoms with Gasteiger partial charge in [0.05, 0.1) is 12.2 Å². The summed E-state index contributed by atoms with van der Waals surface area (Å²) in [6.07, 6.45) is 0.346. The number of amides is 1. The van der Waals surface area contributed by atoms with Crippen LogP contribution in [0.4, 0.5) is 10.6 Å². The lowest BCUT2D eigenvalue weighted by Gasteiger charge is -2.35. The minimum absolute atomic E-state index is 0.153. The summed E-state index contributed by atoms with van der Waals surface area (Å²) in [5.74, 6) is 1.03. The van der Waals surface area contributed by atoms with Crippen molar-refractivity contribution in [2.24, 2.45) is 0 Å². The van der Waals surface area contributed by atoms with Crippen LogP contribution in [-0.2, 0) is 4.74 Å². The fourth-order valence-corrected chi connectivity index (χ4v) is 2.44. The highest BCUT2D eigenvalue weighted by molar-refractivity contribution is 6.32. The average Bonchev–Trinajstić information content (AvgIpc) is 2.47. The summed E-state index contributed by atoms with van der Waals surface area (Å²) in [7, 11) is 0. The van der Waals surface area contributed by atoms with Crippen molar-refractivity contribution in [1.82, 2.24) is 14.9 Å². The Balaban J connectivity index is 2.12. The van der Waals surface area contributed by atoms with Crippen molar-refractivity contribution in [2.45, 2.75) is 13.8 Å². The number of aromatic nitrogens is 2. The number of rotatable bonds is 3. The number of aldehydes is 1. The summed E-state index contributed by atoms with van der Waals surface area (Å²) < 4.78 is 4.97. The van der Waals surface area contributed by atoms with Gasteiger partial charge >= 0.3 is 6.09 Å². The van der Waals surface area contributed by atoms with Crippen molar-refractivity contribution in [3.8, 4) is 0 Å². The monoisotopic (exact) mass is 312 g/mol. The van der Waals surface area contributed by atoms with E-state index in [1.165, 1.54) is 0 Å². The van der Waals surface area contributed by atoms with Gasteiger partial charge in [-0.05, 0) is 13.8 Å². The van der Waals surface area contributed by atoms with Gasteiger partial charge in [0.1, 0.15) is 16.8 Å². The van der Waals surface area contributed by atoms with E-state index in [0.717, 1.165) is 0 Å². The van der Waals surface area contributed by atoms with Crippen LogP contribution in [0.5, 0.6) is 0 Å². The van der Waals surface area contributed by atoms with E-state index in [2.05, 4.69) is 9.97 Å². The number of nitrogens with zero attached hydrogens (tertiary/aromatic N) is 4. The number of carbonyl (C=O) groups is 2. The molecule has 0 N–H and O–H groups in total. The second kappa shape index (κ2) is 6.71. The number of halogens is 1. The van der Waals surface area contributed by atoms with Gasteiger partial charge in [0.25, 0.3) is 0 Å². The van der Waals surface area contributed by atoms with Gasteiger partial charge < -0.3 is 14.5 Å². The number of anilines is 1. The molecule has 0 saturated carbocycles. The van der Waals surface area contributed by atoms with Gasteiger partial charge in [-0.15, -0.1) is 0 Å². The van der Waals surface area contributed by atoms with E-state index < -0.39 is 0 Å². The van der Waals surface area contributed by atoms with Crippen LogP contribution in [0.25, 0.3) is 0 Å². The van der Waals surface area contributed by atoms with Crippen LogP contribution in [0.3, 0.4) is 0 Å². The third-order valence-electron chi connectivity index (χ3n) is 3.21. The number of ether oxygens (including phenoxy) is 1. The zero-order valence-corrected chi connectivity index (χ0v) is 12.8. The summed E-state index contributed by atoms with van der Waals surface area (Å²) in [4.78, 5) is 34.7. The summed E-state index contributed by atoms with van der Waals surface area (Å²) >= 11 is 5.98. The first kappa shape index (κ1) is 15.5. The van der Waals surface area contributed by atoms with Gasteiger partial charge in [-0.2, -0.15) is 0 Å². The molecule has 1 aliphatic rings. The maximum absolute atomic E-state index is 11.7. The smallest absolute Gasteiger partial charge is 0.409 e. The molecule has 8 heteroatoms. The van der Waals surface area contributed by atoms with Crippen molar-refractivity contribution >= 4 is 29.8 Å². The third-order valence-corrected chi connectivity index (χ3v) is 3.50. The predicted octanol–water partition coefficient (Wildman–Crippen LogP) is 1.53. The van der Waals surface area contributed by atoms with Crippen LogP contribution in [0.1, 0.15) is 23.1 Å². The summed E-state index contributed by atoms with van der Waals surface area (Å²) in [5, 5.41) is 0.153. The van der Waals surface area contributed by atoms with E-state index in [1.54, 1.807) is 18.7 Å². The molecule has 21 heavy (non-hydrogen) atoms. The average molecular weight is 313 g/mol. The first-order chi connectivity index (χ1) is 10.1. The van der Waals surface area contributed by atoms with Gasteiger partial charge in [0.15, 0.2) is 6.29 Å². The molecule has 1 aromatic heterocycles. The van der Waals surface area contributed by atoms with Crippen molar-refractivity contribution < 1.29 is 14.3 Å². The largest absolute Gasteiger partial charge is 0.450 e. The molecule has 114 valence electrons. The van der Waals surface area contributed by atoms with Gasteiger partial charge in [-0.1, -0.05) is 11.6 Å². The molecule has 0 atom stereocenters. The van der Waals surface area contributed by atoms with Crippen LogP contribution < -0.4 is 4.90 Å². The molecule has 2 rings (SSSR count). The molecular weight excluding hydrogens is 296 g/mol. The van der Waals surface area contributed by atoms with E-state index in [-0.39, 0.29) is 16.8 Å². The molecule has 1 saturated heterocycles. The lowest BCUT2D eigenvalue weighted by molar-refractivity contribution is 0.104. The van der Waals surface area contributed by atoms with Gasteiger partial charge in [-0.3, -0.25) is 4.79 Å². The number of hydrogen-bond donors (Lipinski definition) is 0. The Morgan fingerprint density at radius 2 is 2.00 bits per heavy atom. The highest BCUT2D eigenvalue weighted by Gasteiger charge is 2.25. The van der Waals surface area contributed by atoms with Crippen LogP contribution in [0.2, 0.25) is 5.15 Å². The number of hydrogen-bond acceptors (Lipinski definition) is 6. The quantitative estimate of drug-likeness (QED) is 0.622. The lowest BCUT2D eigenvalue weighted by Crippen LogP contribution is -2.49. The molecule has 0 spiro atoms. The summed E-state index contributed by atoms with van der Waals surface area (Å²) in [6, 6.07) is 0. The topological polar surface area (TPSA) is 75.6 Å². The maximum Gasteiger partial charge on any atom is 0.409 e. The molecular formula is C13H17ClN4O3. The Hall–Kier alpha value is -1.89. The second-order valence-corrected chi connectivity index (χ2v) is 4.95. The van der Waals surface area contributed by atoms with Crippen molar-refractivity contribution in [3.63, 3.8) is 0 Å². The van der Waals surface area contributed by atoms with E-state index in [9.17, 15) is 9.59 Å². The molecule has 0 radical (unpaired) electrons. The standard InChI is InChI=1S/C13H17ClN4O3/c1-3-21-13(20)18-6-4-17(5-7-18)12-10(8-19)11(14)15-9(2)16-12/h8H,3-7H2,1-2H3. The van der Waals surface area contributed by atoms with Gasteiger partial charge in [0, 0.05) is 26.2 Å². The maximum atomic E-state index is 11.7. The molecule has 0 aromatic carbocycles. The Morgan fingerprint density at radius 3 is 2.57 bits per heavy atom. The zero-order chi connectivity index (χ0) is 15.4. The molecule has 1 aromatic rings. The molecule has 1 amide bonds. The van der Waals surface area contributed by atoms with Crippen LogP contribution in [0.15, 0.2) is 0 Å². The molecule has 1 fully saturated rings.